The lowest BCUT2D eigenvalue weighted by Crippen LogP contribution is -2.22. The maximum atomic E-state index is 12.8. The normalized spacial score (nSPS) is 12.5. The van der Waals surface area contributed by atoms with Crippen LogP contribution in [0.15, 0.2) is 30.3 Å². The maximum Gasteiger partial charge on any atom is 0.329 e. The molecule has 1 aliphatic carbocycles. The molecule has 8 heteroatoms. The van der Waals surface area contributed by atoms with E-state index in [1.54, 1.807) is 12.1 Å². The van der Waals surface area contributed by atoms with Crippen molar-refractivity contribution in [3.05, 3.63) is 46.3 Å². The Labute approximate surface area is 154 Å². The van der Waals surface area contributed by atoms with Crippen molar-refractivity contribution in [1.82, 2.24) is 0 Å². The number of carboxylic acids is 1. The number of carbonyl (C=O) groups excluding carboxylic acids is 2. The zero-order chi connectivity index (χ0) is 18.5. The van der Waals surface area contributed by atoms with Crippen LogP contribution < -0.4 is 10.6 Å². The number of fused-ring (bicyclic) bond motifs is 1. The van der Waals surface area contributed by atoms with E-state index in [-0.39, 0.29) is 12.5 Å². The van der Waals surface area contributed by atoms with Gasteiger partial charge in [-0.05, 0) is 37.0 Å². The third-order valence-electron chi connectivity index (χ3n) is 3.89. The fourth-order valence-corrected chi connectivity index (χ4v) is 4.14. The summed E-state index contributed by atoms with van der Waals surface area (Å²) in [6.07, 6.45) is 2.68. The average molecular weight is 374 g/mol. The number of thiophene rings is 1. The Hall–Kier alpha value is -2.71. The van der Waals surface area contributed by atoms with Gasteiger partial charge in [0.25, 0.3) is 11.8 Å². The highest BCUT2D eigenvalue weighted by molar-refractivity contribution is 7.17. The molecule has 0 fully saturated rings. The lowest BCUT2D eigenvalue weighted by molar-refractivity contribution is -0.143. The zero-order valence-corrected chi connectivity index (χ0v) is 14.7. The number of hydrogen-bond donors (Lipinski definition) is 3. The predicted molar refractivity (Wildman–Crippen MR) is 97.8 cm³/mol. The van der Waals surface area contributed by atoms with E-state index in [0.29, 0.717) is 16.3 Å². The zero-order valence-electron chi connectivity index (χ0n) is 13.9. The Morgan fingerprint density at radius 3 is 2.58 bits per heavy atom. The van der Waals surface area contributed by atoms with E-state index in [1.165, 1.54) is 11.3 Å². The number of amides is 2. The molecule has 1 aromatic carbocycles. The molecule has 0 saturated carbocycles. The van der Waals surface area contributed by atoms with Crippen molar-refractivity contribution in [2.75, 3.05) is 23.8 Å². The molecule has 0 bridgehead atoms. The smallest absolute Gasteiger partial charge is 0.329 e. The summed E-state index contributed by atoms with van der Waals surface area (Å²) in [5.74, 6) is -1.90. The average Bonchev–Trinajstić information content (AvgIpc) is 3.15. The first-order valence-corrected chi connectivity index (χ1v) is 8.96. The molecule has 3 N–H and O–H groups in total. The van der Waals surface area contributed by atoms with Gasteiger partial charge in [-0.15, -0.1) is 11.3 Å². The van der Waals surface area contributed by atoms with Gasteiger partial charge >= 0.3 is 5.97 Å². The number of rotatable bonds is 7. The fourth-order valence-electron chi connectivity index (χ4n) is 2.84. The number of anilines is 2. The van der Waals surface area contributed by atoms with E-state index in [2.05, 4.69) is 10.6 Å². The fraction of sp³-hybridized carbons (Fsp3) is 0.278. The summed E-state index contributed by atoms with van der Waals surface area (Å²) in [6, 6.07) is 9.11. The van der Waals surface area contributed by atoms with Gasteiger partial charge < -0.3 is 20.5 Å². The van der Waals surface area contributed by atoms with Crippen molar-refractivity contribution >= 4 is 39.8 Å². The number of para-hydroxylation sites is 1. The van der Waals surface area contributed by atoms with Gasteiger partial charge in [0.2, 0.25) is 0 Å². The van der Waals surface area contributed by atoms with Crippen LogP contribution in [-0.4, -0.2) is 36.1 Å². The number of aliphatic carboxylic acids is 1. The minimum absolute atomic E-state index is 0.266. The van der Waals surface area contributed by atoms with Gasteiger partial charge in [0.1, 0.15) is 18.2 Å². The summed E-state index contributed by atoms with van der Waals surface area (Å²) in [6.45, 7) is -0.926. The van der Waals surface area contributed by atoms with Gasteiger partial charge in [0, 0.05) is 10.6 Å². The second kappa shape index (κ2) is 8.11. The summed E-state index contributed by atoms with van der Waals surface area (Å²) in [7, 11) is 0. The molecule has 0 unspecified atom stereocenters. The van der Waals surface area contributed by atoms with Crippen molar-refractivity contribution in [2.24, 2.45) is 0 Å². The molecule has 136 valence electrons. The summed E-state index contributed by atoms with van der Waals surface area (Å²) in [4.78, 5) is 36.3. The van der Waals surface area contributed by atoms with Crippen molar-refractivity contribution in [2.45, 2.75) is 19.3 Å². The lowest BCUT2D eigenvalue weighted by atomic mass is 10.1. The number of nitrogens with one attached hydrogen (secondary N) is 2. The topological polar surface area (TPSA) is 105 Å². The summed E-state index contributed by atoms with van der Waals surface area (Å²) in [5, 5.41) is 14.6. The van der Waals surface area contributed by atoms with E-state index in [1.807, 2.05) is 18.2 Å². The van der Waals surface area contributed by atoms with Crippen LogP contribution in [0.25, 0.3) is 0 Å². The van der Waals surface area contributed by atoms with E-state index in [9.17, 15) is 14.4 Å². The first-order valence-electron chi connectivity index (χ1n) is 8.15. The minimum atomic E-state index is -1.14. The monoisotopic (exact) mass is 374 g/mol. The Bertz CT molecular complexity index is 832. The molecule has 1 aromatic heterocycles. The van der Waals surface area contributed by atoms with Crippen LogP contribution in [0, 0.1) is 0 Å². The molecule has 2 amide bonds. The lowest BCUT2D eigenvalue weighted by Gasteiger charge is -2.09. The Kier molecular flexibility index (Phi) is 5.65. The molecule has 0 atom stereocenters. The van der Waals surface area contributed by atoms with Crippen LogP contribution in [0.1, 0.15) is 27.2 Å². The number of hydrogen-bond acceptors (Lipinski definition) is 5. The molecule has 0 aliphatic heterocycles. The second-order valence-corrected chi connectivity index (χ2v) is 6.92. The molecule has 3 rings (SSSR count). The van der Waals surface area contributed by atoms with E-state index in [4.69, 9.17) is 9.84 Å². The summed E-state index contributed by atoms with van der Waals surface area (Å²) < 4.78 is 4.79. The number of carbonyl (C=O) groups is 3. The second-order valence-electron chi connectivity index (χ2n) is 5.82. The van der Waals surface area contributed by atoms with E-state index in [0.717, 1.165) is 29.7 Å². The summed E-state index contributed by atoms with van der Waals surface area (Å²) in [5.41, 5.74) is 2.14. The molecule has 7 nitrogen and oxygen atoms in total. The van der Waals surface area contributed by atoms with Crippen LogP contribution >= 0.6 is 11.3 Å². The van der Waals surface area contributed by atoms with Crippen molar-refractivity contribution < 1.29 is 24.2 Å². The molecule has 0 spiro atoms. The minimum Gasteiger partial charge on any atom is -0.480 e. The molecule has 1 aliphatic rings. The van der Waals surface area contributed by atoms with Gasteiger partial charge in [0.15, 0.2) is 0 Å². The first kappa shape index (κ1) is 18.1. The number of aryl methyl sites for hydroxylation is 1. The maximum absolute atomic E-state index is 12.8. The van der Waals surface area contributed by atoms with Crippen LogP contribution in [-0.2, 0) is 27.2 Å². The highest BCUT2D eigenvalue weighted by Gasteiger charge is 2.27. The molecule has 26 heavy (non-hydrogen) atoms. The van der Waals surface area contributed by atoms with Crippen LogP contribution in [0.5, 0.6) is 0 Å². The molecule has 2 aromatic rings. The van der Waals surface area contributed by atoms with Crippen LogP contribution in [0.2, 0.25) is 0 Å². The highest BCUT2D eigenvalue weighted by atomic mass is 32.1. The first-order chi connectivity index (χ1) is 12.5. The van der Waals surface area contributed by atoms with Crippen molar-refractivity contribution in [3.63, 3.8) is 0 Å². The number of ether oxygens (including phenoxy) is 1. The van der Waals surface area contributed by atoms with E-state index < -0.39 is 18.5 Å². The molecular weight excluding hydrogens is 356 g/mol. The Morgan fingerprint density at radius 1 is 1.08 bits per heavy atom. The molecule has 0 saturated heterocycles. The Morgan fingerprint density at radius 2 is 1.85 bits per heavy atom. The van der Waals surface area contributed by atoms with Crippen LogP contribution in [0.4, 0.5) is 10.7 Å². The highest BCUT2D eigenvalue weighted by Crippen LogP contribution is 2.39. The Balaban J connectivity index is 1.75. The third-order valence-corrected chi connectivity index (χ3v) is 5.10. The number of carboxylic acid groups (broad SMARTS) is 1. The van der Waals surface area contributed by atoms with Gasteiger partial charge in [-0.2, -0.15) is 0 Å². The van der Waals surface area contributed by atoms with Crippen molar-refractivity contribution in [3.8, 4) is 0 Å². The van der Waals surface area contributed by atoms with Crippen LogP contribution in [0.3, 0.4) is 0 Å². The molecular formula is C18H18N2O5S. The largest absolute Gasteiger partial charge is 0.480 e. The summed E-state index contributed by atoms with van der Waals surface area (Å²) >= 11 is 1.39. The SMILES string of the molecule is O=C(O)COCC(=O)Nc1sc2c(c1C(=O)Nc1ccccc1)CCC2. The predicted octanol–water partition coefficient (Wildman–Crippen LogP) is 2.53. The molecule has 1 heterocycles. The van der Waals surface area contributed by atoms with Gasteiger partial charge in [0.05, 0.1) is 5.56 Å². The van der Waals surface area contributed by atoms with Gasteiger partial charge in [-0.3, -0.25) is 9.59 Å². The number of benzene rings is 1. The third kappa shape index (κ3) is 4.27. The van der Waals surface area contributed by atoms with Gasteiger partial charge in [-0.25, -0.2) is 4.79 Å². The van der Waals surface area contributed by atoms with Crippen molar-refractivity contribution in [1.29, 1.82) is 0 Å². The van der Waals surface area contributed by atoms with Gasteiger partial charge in [-0.1, -0.05) is 18.2 Å². The van der Waals surface area contributed by atoms with E-state index >= 15 is 0 Å². The quantitative estimate of drug-likeness (QED) is 0.691. The standard InChI is InChI=1S/C18H18N2O5S/c21-14(9-25-10-15(22)23)20-18-16(12-7-4-8-13(12)26-18)17(24)19-11-5-2-1-3-6-11/h1-3,5-6H,4,7-10H2,(H,19,24)(H,20,21)(H,22,23). The molecule has 0 radical (unpaired) electrons.